The predicted molar refractivity (Wildman–Crippen MR) is 148 cm³/mol. The van der Waals surface area contributed by atoms with Crippen molar-refractivity contribution in [2.75, 3.05) is 51.4 Å². The van der Waals surface area contributed by atoms with E-state index in [1.807, 2.05) is 42.2 Å². The van der Waals surface area contributed by atoms with Crippen LogP contribution in [0.2, 0.25) is 0 Å². The van der Waals surface area contributed by atoms with Gasteiger partial charge in [-0.1, -0.05) is 6.58 Å². The molecule has 0 aliphatic carbocycles. The fourth-order valence-corrected chi connectivity index (χ4v) is 4.81. The van der Waals surface area contributed by atoms with Gasteiger partial charge in [0.1, 0.15) is 5.75 Å². The first-order valence-corrected chi connectivity index (χ1v) is 12.9. The van der Waals surface area contributed by atoms with Crippen molar-refractivity contribution in [3.63, 3.8) is 0 Å². The number of hydrogen-bond donors (Lipinski definition) is 3. The summed E-state index contributed by atoms with van der Waals surface area (Å²) in [5.74, 6) is 1.40. The number of aryl methyl sites for hydroxylation is 2. The zero-order valence-corrected chi connectivity index (χ0v) is 22.1. The average Bonchev–Trinajstić information content (AvgIpc) is 2.89. The van der Waals surface area contributed by atoms with E-state index < -0.39 is 0 Å². The highest BCUT2D eigenvalue weighted by molar-refractivity contribution is 5.84. The molecular formula is C29H38N4O4. The number of fused-ring (bicyclic) bond motifs is 1. The largest absolute Gasteiger partial charge is 0.494 e. The first kappa shape index (κ1) is 26.7. The number of aromatic nitrogens is 1. The van der Waals surface area contributed by atoms with Crippen LogP contribution < -0.4 is 15.6 Å². The maximum absolute atomic E-state index is 13.2. The molecule has 1 aromatic heterocycles. The third-order valence-corrected chi connectivity index (χ3v) is 6.88. The van der Waals surface area contributed by atoms with Gasteiger partial charge in [-0.25, -0.2) is 0 Å². The van der Waals surface area contributed by atoms with Crippen molar-refractivity contribution < 1.29 is 14.6 Å². The first-order valence-electron chi connectivity index (χ1n) is 12.9. The van der Waals surface area contributed by atoms with E-state index in [1.165, 1.54) is 11.1 Å². The summed E-state index contributed by atoms with van der Waals surface area (Å²) in [5.41, 5.74) is 5.80. The second-order valence-electron chi connectivity index (χ2n) is 9.45. The molecule has 1 saturated heterocycles. The third kappa shape index (κ3) is 6.52. The molecule has 2 heterocycles. The van der Waals surface area contributed by atoms with Crippen molar-refractivity contribution in [3.8, 4) is 5.75 Å². The van der Waals surface area contributed by atoms with Gasteiger partial charge in [0.2, 0.25) is 0 Å². The monoisotopic (exact) mass is 506 g/mol. The number of anilines is 1. The molecule has 0 bridgehead atoms. The van der Waals surface area contributed by atoms with E-state index in [4.69, 9.17) is 9.47 Å². The van der Waals surface area contributed by atoms with Crippen molar-refractivity contribution in [2.24, 2.45) is 0 Å². The van der Waals surface area contributed by atoms with Crippen molar-refractivity contribution in [2.45, 2.75) is 33.9 Å². The van der Waals surface area contributed by atoms with Crippen LogP contribution in [0, 0.1) is 13.8 Å². The Morgan fingerprint density at radius 1 is 1.22 bits per heavy atom. The molecule has 37 heavy (non-hydrogen) atoms. The van der Waals surface area contributed by atoms with E-state index in [0.717, 1.165) is 60.8 Å². The molecule has 3 aromatic rings. The first-order chi connectivity index (χ1) is 17.9. The number of pyridine rings is 1. The van der Waals surface area contributed by atoms with Crippen molar-refractivity contribution in [3.05, 3.63) is 81.4 Å². The molecule has 0 atom stereocenters. The van der Waals surface area contributed by atoms with Gasteiger partial charge in [0.15, 0.2) is 0 Å². The van der Waals surface area contributed by atoms with E-state index in [2.05, 4.69) is 41.7 Å². The molecule has 1 aliphatic heterocycles. The van der Waals surface area contributed by atoms with E-state index >= 15 is 0 Å². The number of nitrogens with one attached hydrogen (secondary N) is 2. The van der Waals surface area contributed by atoms with Crippen LogP contribution >= 0.6 is 0 Å². The van der Waals surface area contributed by atoms with Gasteiger partial charge in [0.05, 0.1) is 37.8 Å². The van der Waals surface area contributed by atoms with Crippen molar-refractivity contribution >= 4 is 16.6 Å². The van der Waals surface area contributed by atoms with Crippen LogP contribution in [0.3, 0.4) is 0 Å². The molecule has 3 N–H and O–H groups in total. The van der Waals surface area contributed by atoms with Gasteiger partial charge < -0.3 is 29.8 Å². The number of hydrogen-bond acceptors (Lipinski definition) is 7. The summed E-state index contributed by atoms with van der Waals surface area (Å²) in [6, 6.07) is 11.7. The Balaban J connectivity index is 1.54. The van der Waals surface area contributed by atoms with E-state index in [1.54, 1.807) is 0 Å². The Morgan fingerprint density at radius 3 is 2.62 bits per heavy atom. The molecule has 0 amide bonds. The van der Waals surface area contributed by atoms with E-state index in [9.17, 15) is 9.90 Å². The quantitative estimate of drug-likeness (QED) is 0.365. The van der Waals surface area contributed by atoms with Crippen LogP contribution in [0.5, 0.6) is 5.75 Å². The summed E-state index contributed by atoms with van der Waals surface area (Å²) in [7, 11) is 0. The lowest BCUT2D eigenvalue weighted by molar-refractivity contribution is 0.0340. The molecule has 0 saturated carbocycles. The van der Waals surface area contributed by atoms with Gasteiger partial charge in [-0.15, -0.1) is 0 Å². The Kier molecular flexibility index (Phi) is 8.87. The maximum Gasteiger partial charge on any atom is 0.253 e. The highest BCUT2D eigenvalue weighted by Crippen LogP contribution is 2.26. The lowest BCUT2D eigenvalue weighted by atomic mass is 9.97. The number of morpholine rings is 1. The second-order valence-corrected chi connectivity index (χ2v) is 9.45. The Bertz CT molecular complexity index is 1280. The minimum atomic E-state index is -0.131. The average molecular weight is 507 g/mol. The van der Waals surface area contributed by atoms with E-state index in [-0.39, 0.29) is 12.2 Å². The van der Waals surface area contributed by atoms with Crippen molar-refractivity contribution in [1.29, 1.82) is 0 Å². The molecule has 1 aliphatic rings. The Hall–Kier alpha value is -3.33. The normalized spacial score (nSPS) is 14.1. The van der Waals surface area contributed by atoms with Gasteiger partial charge in [-0.05, 0) is 79.2 Å². The number of benzene rings is 2. The SMILES string of the molecule is C=C(Nc1ccc(OCC)cc1)N(CCO)Cc1cc2cc(C)c(CN3CCOCC3)c(C)c2[nH]c1=O. The van der Waals surface area contributed by atoms with Crippen LogP contribution in [0.1, 0.15) is 29.2 Å². The molecule has 4 rings (SSSR count). The number of ether oxygens (including phenoxy) is 2. The standard InChI is InChI=1S/C29H38N4O4/c1-5-37-26-8-6-25(7-9-26)30-22(4)33(10-13-34)18-24-17-23-16-20(2)27(19-32-11-14-36-15-12-32)21(3)28(23)31-29(24)35/h6-9,16-17,30,34H,4-5,10-15,18-19H2,1-3H3,(H,31,35). The summed E-state index contributed by atoms with van der Waals surface area (Å²) in [6.07, 6.45) is 0. The van der Waals surface area contributed by atoms with Gasteiger partial charge in [-0.3, -0.25) is 9.69 Å². The number of aliphatic hydroxyl groups excluding tert-OH is 1. The lowest BCUT2D eigenvalue weighted by Crippen LogP contribution is -2.36. The highest BCUT2D eigenvalue weighted by Gasteiger charge is 2.17. The smallest absolute Gasteiger partial charge is 0.253 e. The molecule has 8 heteroatoms. The van der Waals surface area contributed by atoms with Crippen LogP contribution in [-0.2, 0) is 17.8 Å². The fourth-order valence-electron chi connectivity index (χ4n) is 4.81. The molecule has 2 aromatic carbocycles. The number of rotatable bonds is 11. The summed E-state index contributed by atoms with van der Waals surface area (Å²) in [5, 5.41) is 14.0. The number of aliphatic hydroxyl groups is 1. The summed E-state index contributed by atoms with van der Waals surface area (Å²) >= 11 is 0. The van der Waals surface area contributed by atoms with Gasteiger partial charge in [0.25, 0.3) is 5.56 Å². The predicted octanol–water partition coefficient (Wildman–Crippen LogP) is 3.75. The topological polar surface area (TPSA) is 90.1 Å². The zero-order chi connectivity index (χ0) is 26.4. The highest BCUT2D eigenvalue weighted by atomic mass is 16.5. The summed E-state index contributed by atoms with van der Waals surface area (Å²) < 4.78 is 11.0. The number of aromatic amines is 1. The van der Waals surface area contributed by atoms with Crippen LogP contribution in [0.25, 0.3) is 10.9 Å². The minimum Gasteiger partial charge on any atom is -0.494 e. The minimum absolute atomic E-state index is 0.0570. The molecule has 1 fully saturated rings. The van der Waals surface area contributed by atoms with E-state index in [0.29, 0.717) is 31.1 Å². The van der Waals surface area contributed by atoms with Crippen LogP contribution in [0.4, 0.5) is 5.69 Å². The molecule has 198 valence electrons. The fraction of sp³-hybridized carbons (Fsp3) is 0.414. The van der Waals surface area contributed by atoms with Gasteiger partial charge >= 0.3 is 0 Å². The number of H-pyrrole nitrogens is 1. The maximum atomic E-state index is 13.2. The van der Waals surface area contributed by atoms with Crippen molar-refractivity contribution in [1.82, 2.24) is 14.8 Å². The molecule has 8 nitrogen and oxygen atoms in total. The number of nitrogens with zero attached hydrogens (tertiary/aromatic N) is 2. The zero-order valence-electron chi connectivity index (χ0n) is 22.1. The Labute approximate surface area is 218 Å². The summed E-state index contributed by atoms with van der Waals surface area (Å²) in [6.45, 7) is 15.7. The van der Waals surface area contributed by atoms with Gasteiger partial charge in [-0.2, -0.15) is 0 Å². The van der Waals surface area contributed by atoms with Crippen LogP contribution in [-0.4, -0.2) is 66.0 Å². The summed E-state index contributed by atoms with van der Waals surface area (Å²) in [4.78, 5) is 20.6. The second kappa shape index (κ2) is 12.3. The van der Waals surface area contributed by atoms with Crippen LogP contribution in [0.15, 0.2) is 53.6 Å². The molecule has 0 radical (unpaired) electrons. The Morgan fingerprint density at radius 2 is 1.95 bits per heavy atom. The lowest BCUT2D eigenvalue weighted by Gasteiger charge is -2.28. The molecule has 0 unspecified atom stereocenters. The third-order valence-electron chi connectivity index (χ3n) is 6.88. The molecule has 0 spiro atoms. The van der Waals surface area contributed by atoms with Gasteiger partial charge in [0, 0.05) is 44.0 Å². The molecular weight excluding hydrogens is 468 g/mol.